The van der Waals surface area contributed by atoms with Crippen molar-refractivity contribution >= 4 is 22.6 Å². The number of anilines is 1. The fourth-order valence-corrected chi connectivity index (χ4v) is 2.79. The van der Waals surface area contributed by atoms with Gasteiger partial charge in [0, 0.05) is 12.2 Å². The van der Waals surface area contributed by atoms with Gasteiger partial charge in [0.25, 0.3) is 5.56 Å². The largest absolute Gasteiger partial charge is 0.322 e. The monoisotopic (exact) mass is 350 g/mol. The maximum Gasteiger partial charge on any atom is 0.322 e. The highest BCUT2D eigenvalue weighted by atomic mass is 16.2. The van der Waals surface area contributed by atoms with Crippen molar-refractivity contribution in [2.75, 3.05) is 11.9 Å². The van der Waals surface area contributed by atoms with Gasteiger partial charge in [0.05, 0.1) is 17.4 Å². The number of rotatable bonds is 5. The lowest BCUT2D eigenvalue weighted by Gasteiger charge is -2.21. The molecule has 26 heavy (non-hydrogen) atoms. The van der Waals surface area contributed by atoms with Crippen molar-refractivity contribution in [3.05, 3.63) is 70.3 Å². The van der Waals surface area contributed by atoms with E-state index in [0.717, 1.165) is 17.7 Å². The van der Waals surface area contributed by atoms with Crippen molar-refractivity contribution in [2.24, 2.45) is 0 Å². The maximum absolute atomic E-state index is 12.6. The molecule has 1 heterocycles. The molecule has 3 rings (SSSR count). The first-order valence-electron chi connectivity index (χ1n) is 8.73. The van der Waals surface area contributed by atoms with Gasteiger partial charge in [-0.2, -0.15) is 0 Å². The lowest BCUT2D eigenvalue weighted by atomic mass is 10.1. The quantitative estimate of drug-likeness (QED) is 0.739. The number of carbonyl (C=O) groups is 1. The van der Waals surface area contributed by atoms with Crippen LogP contribution in [-0.2, 0) is 13.0 Å². The van der Waals surface area contributed by atoms with Gasteiger partial charge in [-0.05, 0) is 43.2 Å². The molecule has 0 radical (unpaired) electrons. The molecule has 0 saturated heterocycles. The Morgan fingerprint density at radius 2 is 1.96 bits per heavy atom. The van der Waals surface area contributed by atoms with Gasteiger partial charge >= 0.3 is 6.03 Å². The number of urea groups is 1. The van der Waals surface area contributed by atoms with E-state index in [1.807, 2.05) is 37.3 Å². The van der Waals surface area contributed by atoms with Crippen molar-refractivity contribution in [3.63, 3.8) is 0 Å². The van der Waals surface area contributed by atoms with Crippen LogP contribution in [0.5, 0.6) is 0 Å². The molecule has 0 unspecified atom stereocenters. The van der Waals surface area contributed by atoms with Crippen LogP contribution in [0.1, 0.15) is 25.2 Å². The summed E-state index contributed by atoms with van der Waals surface area (Å²) in [4.78, 5) is 33.6. The highest BCUT2D eigenvalue weighted by Gasteiger charge is 2.14. The number of benzene rings is 2. The highest BCUT2D eigenvalue weighted by Crippen LogP contribution is 2.13. The van der Waals surface area contributed by atoms with Crippen LogP contribution >= 0.6 is 0 Å². The molecule has 0 atom stereocenters. The van der Waals surface area contributed by atoms with E-state index in [1.54, 1.807) is 23.1 Å². The van der Waals surface area contributed by atoms with E-state index < -0.39 is 0 Å². The third-order valence-corrected chi connectivity index (χ3v) is 4.26. The molecule has 2 N–H and O–H groups in total. The van der Waals surface area contributed by atoms with Crippen LogP contribution in [0.3, 0.4) is 0 Å². The van der Waals surface area contributed by atoms with Gasteiger partial charge in [-0.15, -0.1) is 0 Å². The Kier molecular flexibility index (Phi) is 5.31. The van der Waals surface area contributed by atoms with Crippen LogP contribution in [0.15, 0.2) is 53.3 Å². The van der Waals surface area contributed by atoms with Crippen LogP contribution in [0.25, 0.3) is 10.9 Å². The summed E-state index contributed by atoms with van der Waals surface area (Å²) in [6, 6.07) is 14.7. The molecule has 134 valence electrons. The second-order valence-electron chi connectivity index (χ2n) is 6.03. The average molecular weight is 350 g/mol. The molecule has 0 aliphatic carbocycles. The van der Waals surface area contributed by atoms with E-state index >= 15 is 0 Å². The number of fused-ring (bicyclic) bond motifs is 1. The fraction of sp³-hybridized carbons (Fsp3) is 0.250. The lowest BCUT2D eigenvalue weighted by molar-refractivity contribution is 0.211. The maximum atomic E-state index is 12.6. The molecule has 0 saturated carbocycles. The number of hydrogen-bond acceptors (Lipinski definition) is 3. The highest BCUT2D eigenvalue weighted by molar-refractivity contribution is 5.89. The summed E-state index contributed by atoms with van der Waals surface area (Å²) < 4.78 is 0. The van der Waals surface area contributed by atoms with E-state index in [-0.39, 0.29) is 18.1 Å². The van der Waals surface area contributed by atoms with Crippen molar-refractivity contribution in [3.8, 4) is 0 Å². The van der Waals surface area contributed by atoms with E-state index in [4.69, 9.17) is 0 Å². The second kappa shape index (κ2) is 7.82. The SMILES string of the molecule is CCc1cccc(NC(=O)N(CC)Cc2nc3ccccc3c(=O)[nH]2)c1. The normalized spacial score (nSPS) is 10.7. The predicted molar refractivity (Wildman–Crippen MR) is 103 cm³/mol. The minimum absolute atomic E-state index is 0.197. The molecule has 2 aromatic carbocycles. The molecule has 6 nitrogen and oxygen atoms in total. The molecule has 2 amide bonds. The molecule has 3 aromatic rings. The first-order chi connectivity index (χ1) is 12.6. The summed E-state index contributed by atoms with van der Waals surface area (Å²) in [5, 5.41) is 3.45. The summed E-state index contributed by atoms with van der Waals surface area (Å²) >= 11 is 0. The molecular formula is C20H22N4O2. The van der Waals surface area contributed by atoms with Crippen molar-refractivity contribution < 1.29 is 4.79 Å². The summed E-state index contributed by atoms with van der Waals surface area (Å²) in [5.74, 6) is 0.466. The van der Waals surface area contributed by atoms with Crippen molar-refractivity contribution in [2.45, 2.75) is 26.8 Å². The number of aromatic amines is 1. The van der Waals surface area contributed by atoms with Crippen molar-refractivity contribution in [1.29, 1.82) is 0 Å². The summed E-state index contributed by atoms with van der Waals surface area (Å²) in [7, 11) is 0. The smallest absolute Gasteiger partial charge is 0.317 e. The Morgan fingerprint density at radius 3 is 2.73 bits per heavy atom. The number of hydrogen-bond donors (Lipinski definition) is 2. The number of amides is 2. The molecular weight excluding hydrogens is 328 g/mol. The van der Waals surface area contributed by atoms with Crippen LogP contribution in [-0.4, -0.2) is 27.4 Å². The van der Waals surface area contributed by atoms with Gasteiger partial charge in [0.1, 0.15) is 5.82 Å². The Labute approximate surface area is 151 Å². The van der Waals surface area contributed by atoms with E-state index in [9.17, 15) is 9.59 Å². The Bertz CT molecular complexity index is 981. The van der Waals surface area contributed by atoms with Crippen LogP contribution in [0.4, 0.5) is 10.5 Å². The third-order valence-electron chi connectivity index (χ3n) is 4.26. The van der Waals surface area contributed by atoms with Gasteiger partial charge in [-0.25, -0.2) is 9.78 Å². The number of nitrogens with one attached hydrogen (secondary N) is 2. The third kappa shape index (κ3) is 3.91. The lowest BCUT2D eigenvalue weighted by Crippen LogP contribution is -2.35. The molecule has 0 aliphatic heterocycles. The van der Waals surface area contributed by atoms with Gasteiger partial charge in [-0.3, -0.25) is 4.79 Å². The molecule has 0 fully saturated rings. The Morgan fingerprint density at radius 1 is 1.15 bits per heavy atom. The number of aryl methyl sites for hydroxylation is 1. The summed E-state index contributed by atoms with van der Waals surface area (Å²) in [5.41, 5.74) is 2.34. The first kappa shape index (κ1) is 17.7. The average Bonchev–Trinajstić information content (AvgIpc) is 2.66. The van der Waals surface area contributed by atoms with Gasteiger partial charge in [0.15, 0.2) is 0 Å². The molecule has 0 spiro atoms. The van der Waals surface area contributed by atoms with Crippen LogP contribution in [0, 0.1) is 0 Å². The first-order valence-corrected chi connectivity index (χ1v) is 8.73. The fourth-order valence-electron chi connectivity index (χ4n) is 2.79. The number of para-hydroxylation sites is 1. The number of H-pyrrole nitrogens is 1. The van der Waals surface area contributed by atoms with Gasteiger partial charge in [0.2, 0.25) is 0 Å². The summed E-state index contributed by atoms with van der Waals surface area (Å²) in [6.07, 6.45) is 0.906. The molecule has 0 bridgehead atoms. The zero-order valence-electron chi connectivity index (χ0n) is 15.0. The van der Waals surface area contributed by atoms with E-state index in [2.05, 4.69) is 22.2 Å². The molecule has 1 aromatic heterocycles. The minimum Gasteiger partial charge on any atom is -0.317 e. The topological polar surface area (TPSA) is 78.1 Å². The standard InChI is InChI=1S/C20H22N4O2/c1-3-14-8-7-9-15(12-14)21-20(26)24(4-2)13-18-22-17-11-6-5-10-16(17)19(25)23-18/h5-12H,3-4,13H2,1-2H3,(H,21,26)(H,22,23,25). The second-order valence-corrected chi connectivity index (χ2v) is 6.03. The van der Waals surface area contributed by atoms with E-state index in [0.29, 0.717) is 23.3 Å². The number of nitrogens with zero attached hydrogens (tertiary/aromatic N) is 2. The van der Waals surface area contributed by atoms with E-state index in [1.165, 1.54) is 0 Å². The summed E-state index contributed by atoms with van der Waals surface area (Å²) in [6.45, 7) is 4.69. The van der Waals surface area contributed by atoms with Gasteiger partial charge in [-0.1, -0.05) is 31.2 Å². The van der Waals surface area contributed by atoms with Crippen molar-refractivity contribution in [1.82, 2.24) is 14.9 Å². The van der Waals surface area contributed by atoms with Crippen LogP contribution < -0.4 is 10.9 Å². The van der Waals surface area contributed by atoms with Gasteiger partial charge < -0.3 is 15.2 Å². The Hall–Kier alpha value is -3.15. The minimum atomic E-state index is -0.225. The predicted octanol–water partition coefficient (Wildman–Crippen LogP) is 3.54. The zero-order valence-corrected chi connectivity index (χ0v) is 15.0. The molecule has 6 heteroatoms. The number of aromatic nitrogens is 2. The Balaban J connectivity index is 1.78. The zero-order chi connectivity index (χ0) is 18.5. The molecule has 0 aliphatic rings. The van der Waals surface area contributed by atoms with Crippen LogP contribution in [0.2, 0.25) is 0 Å². The number of carbonyl (C=O) groups excluding carboxylic acids is 1.